The molecule has 0 amide bonds. The van der Waals surface area contributed by atoms with Crippen molar-refractivity contribution in [1.29, 1.82) is 0 Å². The normalized spacial score (nSPS) is 10.3. The summed E-state index contributed by atoms with van der Waals surface area (Å²) in [6.45, 7) is 0.0251. The maximum absolute atomic E-state index is 13.2. The van der Waals surface area contributed by atoms with Crippen molar-refractivity contribution in [2.24, 2.45) is 0 Å². The Morgan fingerprint density at radius 3 is 2.70 bits per heavy atom. The molecule has 1 N–H and O–H groups in total. The van der Waals surface area contributed by atoms with Crippen molar-refractivity contribution in [3.8, 4) is 5.75 Å². The first-order valence-corrected chi connectivity index (χ1v) is 6.33. The van der Waals surface area contributed by atoms with E-state index in [4.69, 9.17) is 33.0 Å². The van der Waals surface area contributed by atoms with Gasteiger partial charge in [-0.3, -0.25) is 0 Å². The molecular formula is C14H9Cl2FO3. The maximum atomic E-state index is 13.2. The van der Waals surface area contributed by atoms with Gasteiger partial charge < -0.3 is 9.84 Å². The molecule has 0 fully saturated rings. The monoisotopic (exact) mass is 314 g/mol. The van der Waals surface area contributed by atoms with Crippen LogP contribution in [0.3, 0.4) is 0 Å². The van der Waals surface area contributed by atoms with Gasteiger partial charge in [0.05, 0.1) is 15.6 Å². The van der Waals surface area contributed by atoms with E-state index in [-0.39, 0.29) is 22.2 Å². The topological polar surface area (TPSA) is 46.5 Å². The van der Waals surface area contributed by atoms with Gasteiger partial charge in [0.1, 0.15) is 18.2 Å². The van der Waals surface area contributed by atoms with Crippen LogP contribution >= 0.6 is 23.2 Å². The first-order chi connectivity index (χ1) is 9.49. The van der Waals surface area contributed by atoms with E-state index < -0.39 is 11.8 Å². The number of ether oxygens (including phenoxy) is 1. The van der Waals surface area contributed by atoms with Crippen LogP contribution in [0.4, 0.5) is 4.39 Å². The SMILES string of the molecule is O=C(O)c1cc(OCc2cccc(F)c2Cl)ccc1Cl. The number of carboxylic acids is 1. The first-order valence-electron chi connectivity index (χ1n) is 5.57. The zero-order chi connectivity index (χ0) is 14.7. The second kappa shape index (κ2) is 6.11. The summed E-state index contributed by atoms with van der Waals surface area (Å²) < 4.78 is 18.6. The summed E-state index contributed by atoms with van der Waals surface area (Å²) in [4.78, 5) is 10.9. The van der Waals surface area contributed by atoms with Gasteiger partial charge in [-0.25, -0.2) is 9.18 Å². The molecule has 0 aliphatic heterocycles. The Kier molecular flexibility index (Phi) is 4.47. The molecule has 0 aromatic heterocycles. The van der Waals surface area contributed by atoms with Gasteiger partial charge in [0.15, 0.2) is 0 Å². The minimum Gasteiger partial charge on any atom is -0.489 e. The molecule has 6 heteroatoms. The lowest BCUT2D eigenvalue weighted by atomic mass is 10.2. The van der Waals surface area contributed by atoms with E-state index in [0.717, 1.165) is 0 Å². The van der Waals surface area contributed by atoms with Crippen molar-refractivity contribution < 1.29 is 19.0 Å². The molecule has 0 unspecified atom stereocenters. The third kappa shape index (κ3) is 3.21. The second-order valence-corrected chi connectivity index (χ2v) is 4.73. The minimum atomic E-state index is -1.15. The number of benzene rings is 2. The maximum Gasteiger partial charge on any atom is 0.337 e. The van der Waals surface area contributed by atoms with Crippen molar-refractivity contribution >= 4 is 29.2 Å². The summed E-state index contributed by atoms with van der Waals surface area (Å²) in [5.74, 6) is -1.37. The van der Waals surface area contributed by atoms with E-state index in [1.54, 1.807) is 6.07 Å². The van der Waals surface area contributed by atoms with Crippen LogP contribution in [0.25, 0.3) is 0 Å². The molecule has 104 valence electrons. The minimum absolute atomic E-state index is 0.0140. The van der Waals surface area contributed by atoms with Crippen LogP contribution in [0.2, 0.25) is 10.0 Å². The third-order valence-electron chi connectivity index (χ3n) is 2.59. The predicted octanol–water partition coefficient (Wildman–Crippen LogP) is 4.41. The van der Waals surface area contributed by atoms with Crippen LogP contribution in [-0.4, -0.2) is 11.1 Å². The summed E-state index contributed by atoms with van der Waals surface area (Å²) in [5.41, 5.74) is 0.410. The molecule has 0 atom stereocenters. The Hall–Kier alpha value is -1.78. The quantitative estimate of drug-likeness (QED) is 0.909. The van der Waals surface area contributed by atoms with Gasteiger partial charge in [0.25, 0.3) is 0 Å². The zero-order valence-corrected chi connectivity index (χ0v) is 11.6. The highest BCUT2D eigenvalue weighted by Crippen LogP contribution is 2.25. The molecule has 0 heterocycles. The molecule has 20 heavy (non-hydrogen) atoms. The van der Waals surface area contributed by atoms with Crippen LogP contribution in [0.15, 0.2) is 36.4 Å². The molecule has 2 rings (SSSR count). The summed E-state index contributed by atoms with van der Waals surface area (Å²) >= 11 is 11.5. The van der Waals surface area contributed by atoms with Crippen LogP contribution in [0.5, 0.6) is 5.75 Å². The lowest BCUT2D eigenvalue weighted by Crippen LogP contribution is -2.01. The van der Waals surface area contributed by atoms with E-state index in [2.05, 4.69) is 0 Å². The van der Waals surface area contributed by atoms with E-state index in [0.29, 0.717) is 11.3 Å². The summed E-state index contributed by atoms with van der Waals surface area (Å²) in [6.07, 6.45) is 0. The Morgan fingerprint density at radius 1 is 1.25 bits per heavy atom. The molecule has 0 saturated carbocycles. The molecule has 0 saturated heterocycles. The highest BCUT2D eigenvalue weighted by atomic mass is 35.5. The number of hydrogen-bond acceptors (Lipinski definition) is 2. The molecule has 0 aliphatic rings. The number of carboxylic acid groups (broad SMARTS) is 1. The smallest absolute Gasteiger partial charge is 0.337 e. The van der Waals surface area contributed by atoms with Gasteiger partial charge in [-0.2, -0.15) is 0 Å². The van der Waals surface area contributed by atoms with E-state index >= 15 is 0 Å². The van der Waals surface area contributed by atoms with E-state index in [9.17, 15) is 9.18 Å². The van der Waals surface area contributed by atoms with E-state index in [1.165, 1.54) is 30.3 Å². The fourth-order valence-corrected chi connectivity index (χ4v) is 1.96. The summed E-state index contributed by atoms with van der Waals surface area (Å²) in [7, 11) is 0. The van der Waals surface area contributed by atoms with Gasteiger partial charge in [-0.05, 0) is 24.3 Å². The van der Waals surface area contributed by atoms with Crippen LogP contribution in [0.1, 0.15) is 15.9 Å². The average Bonchev–Trinajstić information content (AvgIpc) is 2.41. The van der Waals surface area contributed by atoms with Crippen molar-refractivity contribution in [3.05, 3.63) is 63.4 Å². The zero-order valence-electron chi connectivity index (χ0n) is 10.1. The molecule has 0 aliphatic carbocycles. The lowest BCUT2D eigenvalue weighted by molar-refractivity contribution is 0.0696. The molecular weight excluding hydrogens is 306 g/mol. The van der Waals surface area contributed by atoms with Crippen molar-refractivity contribution in [2.45, 2.75) is 6.61 Å². The van der Waals surface area contributed by atoms with Crippen molar-refractivity contribution in [3.63, 3.8) is 0 Å². The predicted molar refractivity (Wildman–Crippen MR) is 74.2 cm³/mol. The molecule has 0 radical (unpaired) electrons. The number of carbonyl (C=O) groups is 1. The Bertz CT molecular complexity index is 659. The standard InChI is InChI=1S/C14H9Cl2FO3/c15-11-5-4-9(6-10(11)14(18)19)20-7-8-2-1-3-12(17)13(8)16/h1-6H,7H2,(H,18,19). The molecule has 3 nitrogen and oxygen atoms in total. The second-order valence-electron chi connectivity index (χ2n) is 3.95. The van der Waals surface area contributed by atoms with Gasteiger partial charge in [0, 0.05) is 5.56 Å². The molecule has 0 spiro atoms. The third-order valence-corrected chi connectivity index (χ3v) is 3.35. The van der Waals surface area contributed by atoms with Gasteiger partial charge in [-0.15, -0.1) is 0 Å². The number of hydrogen-bond donors (Lipinski definition) is 1. The molecule has 2 aromatic rings. The van der Waals surface area contributed by atoms with Crippen LogP contribution < -0.4 is 4.74 Å². The van der Waals surface area contributed by atoms with Crippen LogP contribution in [0, 0.1) is 5.82 Å². The summed E-state index contributed by atoms with van der Waals surface area (Å²) in [6, 6.07) is 8.65. The fraction of sp³-hybridized carbons (Fsp3) is 0.0714. The fourth-order valence-electron chi connectivity index (χ4n) is 1.58. The van der Waals surface area contributed by atoms with E-state index in [1.807, 2.05) is 0 Å². The van der Waals surface area contributed by atoms with Gasteiger partial charge in [0.2, 0.25) is 0 Å². The van der Waals surface area contributed by atoms with Crippen LogP contribution in [-0.2, 0) is 6.61 Å². The highest BCUT2D eigenvalue weighted by Gasteiger charge is 2.11. The highest BCUT2D eigenvalue weighted by molar-refractivity contribution is 6.33. The van der Waals surface area contributed by atoms with Gasteiger partial charge in [-0.1, -0.05) is 35.3 Å². The lowest BCUT2D eigenvalue weighted by Gasteiger charge is -2.09. The van der Waals surface area contributed by atoms with Crippen molar-refractivity contribution in [1.82, 2.24) is 0 Å². The average molecular weight is 315 g/mol. The Balaban J connectivity index is 2.17. The van der Waals surface area contributed by atoms with Gasteiger partial charge >= 0.3 is 5.97 Å². The number of aromatic carboxylic acids is 1. The summed E-state index contributed by atoms with van der Waals surface area (Å²) in [5, 5.41) is 9.05. The Morgan fingerprint density at radius 2 is 2.00 bits per heavy atom. The Labute approximate surface area is 124 Å². The number of rotatable bonds is 4. The number of halogens is 3. The first kappa shape index (κ1) is 14.6. The molecule has 0 bridgehead atoms. The largest absolute Gasteiger partial charge is 0.489 e. The molecule has 2 aromatic carbocycles. The van der Waals surface area contributed by atoms with Crippen molar-refractivity contribution in [2.75, 3.05) is 0 Å².